The van der Waals surface area contributed by atoms with E-state index in [9.17, 15) is 0 Å². The number of para-hydroxylation sites is 1. The number of thiophene rings is 1. The fourth-order valence-electron chi connectivity index (χ4n) is 1.80. The first-order valence-corrected chi connectivity index (χ1v) is 7.22. The van der Waals surface area contributed by atoms with E-state index in [1.807, 2.05) is 41.8 Å². The van der Waals surface area contributed by atoms with E-state index in [1.54, 1.807) is 11.3 Å². The molecule has 7 nitrogen and oxygen atoms in total. The highest BCUT2D eigenvalue weighted by Gasteiger charge is 2.06. The minimum atomic E-state index is 0.215. The van der Waals surface area contributed by atoms with Crippen molar-refractivity contribution in [1.82, 2.24) is 20.3 Å². The molecule has 3 rings (SSSR count). The Balaban J connectivity index is 1.66. The standard InChI is InChI=1S/C13H14N6OS/c14-13-16-17-18-19(13)15-8-10-4-1-2-6-12(10)20-9-11-5-3-7-21-11/h1-7,15H,8-9H2,(H2,14,16,18). The molecule has 3 aromatic rings. The van der Waals surface area contributed by atoms with Crippen LogP contribution in [0.25, 0.3) is 0 Å². The SMILES string of the molecule is Nc1nnnn1NCc1ccccc1OCc1cccs1. The van der Waals surface area contributed by atoms with Crippen molar-refractivity contribution in [3.63, 3.8) is 0 Å². The molecule has 8 heteroatoms. The minimum absolute atomic E-state index is 0.215. The zero-order chi connectivity index (χ0) is 14.5. The number of hydrogen-bond donors (Lipinski definition) is 2. The van der Waals surface area contributed by atoms with Gasteiger partial charge in [0.05, 0.1) is 6.54 Å². The maximum atomic E-state index is 5.86. The number of nitrogens with zero attached hydrogens (tertiary/aromatic N) is 4. The number of nitrogens with one attached hydrogen (secondary N) is 1. The summed E-state index contributed by atoms with van der Waals surface area (Å²) < 4.78 is 5.86. The summed E-state index contributed by atoms with van der Waals surface area (Å²) in [4.78, 5) is 2.51. The lowest BCUT2D eigenvalue weighted by Crippen LogP contribution is -2.18. The van der Waals surface area contributed by atoms with Gasteiger partial charge < -0.3 is 15.9 Å². The summed E-state index contributed by atoms with van der Waals surface area (Å²) in [7, 11) is 0. The molecule has 0 atom stereocenters. The number of nitrogens with two attached hydrogens (primary N) is 1. The van der Waals surface area contributed by atoms with Crippen molar-refractivity contribution >= 4 is 17.3 Å². The zero-order valence-corrected chi connectivity index (χ0v) is 12.0. The Morgan fingerprint density at radius 3 is 2.90 bits per heavy atom. The first-order chi connectivity index (χ1) is 10.3. The van der Waals surface area contributed by atoms with Gasteiger partial charge in [-0.2, -0.15) is 0 Å². The van der Waals surface area contributed by atoms with Crippen LogP contribution < -0.4 is 15.9 Å². The van der Waals surface area contributed by atoms with Gasteiger partial charge in [0, 0.05) is 10.4 Å². The topological polar surface area (TPSA) is 90.9 Å². The monoisotopic (exact) mass is 302 g/mol. The van der Waals surface area contributed by atoms with Crippen LogP contribution in [0.3, 0.4) is 0 Å². The van der Waals surface area contributed by atoms with E-state index in [4.69, 9.17) is 10.5 Å². The second kappa shape index (κ2) is 6.23. The number of aromatic nitrogens is 4. The molecule has 0 bridgehead atoms. The molecule has 21 heavy (non-hydrogen) atoms. The molecule has 0 aliphatic rings. The van der Waals surface area contributed by atoms with E-state index in [-0.39, 0.29) is 5.95 Å². The fourth-order valence-corrected chi connectivity index (χ4v) is 2.42. The van der Waals surface area contributed by atoms with Crippen LogP contribution in [-0.4, -0.2) is 20.3 Å². The first-order valence-electron chi connectivity index (χ1n) is 6.34. The smallest absolute Gasteiger partial charge is 0.260 e. The fraction of sp³-hybridized carbons (Fsp3) is 0.154. The van der Waals surface area contributed by atoms with Gasteiger partial charge in [-0.25, -0.2) is 0 Å². The van der Waals surface area contributed by atoms with Gasteiger partial charge in [-0.1, -0.05) is 29.4 Å². The molecule has 0 aliphatic heterocycles. The summed E-state index contributed by atoms with van der Waals surface area (Å²) in [6.07, 6.45) is 0. The number of ether oxygens (including phenoxy) is 1. The maximum absolute atomic E-state index is 5.86. The molecule has 0 aliphatic carbocycles. The Bertz CT molecular complexity index is 696. The Labute approximate surface area is 125 Å². The number of tetrazole rings is 1. The number of nitrogen functional groups attached to an aromatic ring is 1. The van der Waals surface area contributed by atoms with Gasteiger partial charge >= 0.3 is 0 Å². The third-order valence-corrected chi connectivity index (χ3v) is 3.69. The van der Waals surface area contributed by atoms with Gasteiger partial charge in [0.2, 0.25) is 0 Å². The summed E-state index contributed by atoms with van der Waals surface area (Å²) in [6, 6.07) is 11.9. The van der Waals surface area contributed by atoms with Crippen molar-refractivity contribution in [2.45, 2.75) is 13.2 Å². The average Bonchev–Trinajstić information content (AvgIpc) is 3.15. The molecule has 0 unspecified atom stereocenters. The largest absolute Gasteiger partial charge is 0.488 e. The number of rotatable bonds is 6. The Kier molecular flexibility index (Phi) is 3.97. The van der Waals surface area contributed by atoms with Gasteiger partial charge in [0.25, 0.3) is 5.95 Å². The van der Waals surface area contributed by atoms with Crippen molar-refractivity contribution in [2.75, 3.05) is 11.2 Å². The van der Waals surface area contributed by atoms with Crippen molar-refractivity contribution in [3.8, 4) is 5.75 Å². The van der Waals surface area contributed by atoms with Gasteiger partial charge in [-0.05, 0) is 27.9 Å². The van der Waals surface area contributed by atoms with Crippen LogP contribution in [-0.2, 0) is 13.2 Å². The molecule has 2 aromatic heterocycles. The van der Waals surface area contributed by atoms with Gasteiger partial charge in [0.1, 0.15) is 12.4 Å². The first kappa shape index (κ1) is 13.4. The average molecular weight is 302 g/mol. The summed E-state index contributed by atoms with van der Waals surface area (Å²) >= 11 is 1.67. The summed E-state index contributed by atoms with van der Waals surface area (Å²) in [6.45, 7) is 1.07. The van der Waals surface area contributed by atoms with E-state index in [0.717, 1.165) is 11.3 Å². The molecule has 0 fully saturated rings. The molecule has 108 valence electrons. The second-order valence-electron chi connectivity index (χ2n) is 4.26. The van der Waals surface area contributed by atoms with Gasteiger partial charge in [0.15, 0.2) is 0 Å². The van der Waals surface area contributed by atoms with Crippen molar-refractivity contribution in [3.05, 3.63) is 52.2 Å². The van der Waals surface area contributed by atoms with Gasteiger partial charge in [-0.3, -0.25) is 0 Å². The quantitative estimate of drug-likeness (QED) is 0.719. The molecule has 0 saturated heterocycles. The highest BCUT2D eigenvalue weighted by molar-refractivity contribution is 7.09. The molecular formula is C13H14N6OS. The van der Waals surface area contributed by atoms with Crippen molar-refractivity contribution in [1.29, 1.82) is 0 Å². The Hall–Kier alpha value is -2.61. The van der Waals surface area contributed by atoms with Crippen molar-refractivity contribution in [2.24, 2.45) is 0 Å². The van der Waals surface area contributed by atoms with Crippen LogP contribution >= 0.6 is 11.3 Å². The lowest BCUT2D eigenvalue weighted by atomic mass is 10.2. The summed E-state index contributed by atoms with van der Waals surface area (Å²) in [5, 5.41) is 12.8. The summed E-state index contributed by atoms with van der Waals surface area (Å²) in [5.74, 6) is 1.04. The van der Waals surface area contributed by atoms with E-state index in [2.05, 4.69) is 21.0 Å². The number of anilines is 1. The van der Waals surface area contributed by atoms with Crippen LogP contribution in [0.5, 0.6) is 5.75 Å². The minimum Gasteiger partial charge on any atom is -0.488 e. The van der Waals surface area contributed by atoms with E-state index < -0.39 is 0 Å². The van der Waals surface area contributed by atoms with Gasteiger partial charge in [-0.15, -0.1) is 16.1 Å². The molecule has 0 radical (unpaired) electrons. The summed E-state index contributed by atoms with van der Waals surface area (Å²) in [5.41, 5.74) is 9.62. The van der Waals surface area contributed by atoms with E-state index in [1.165, 1.54) is 9.67 Å². The normalized spacial score (nSPS) is 10.5. The van der Waals surface area contributed by atoms with Crippen LogP contribution in [0.15, 0.2) is 41.8 Å². The predicted octanol–water partition coefficient (Wildman–Crippen LogP) is 1.64. The molecule has 0 spiro atoms. The van der Waals surface area contributed by atoms with Crippen LogP contribution in [0.2, 0.25) is 0 Å². The van der Waals surface area contributed by atoms with Crippen LogP contribution in [0.1, 0.15) is 10.4 Å². The molecule has 2 heterocycles. The lowest BCUT2D eigenvalue weighted by molar-refractivity contribution is 0.306. The van der Waals surface area contributed by atoms with E-state index in [0.29, 0.717) is 13.2 Å². The second-order valence-corrected chi connectivity index (χ2v) is 5.29. The third-order valence-electron chi connectivity index (χ3n) is 2.84. The lowest BCUT2D eigenvalue weighted by Gasteiger charge is -2.12. The molecular weight excluding hydrogens is 288 g/mol. The predicted molar refractivity (Wildman–Crippen MR) is 80.4 cm³/mol. The highest BCUT2D eigenvalue weighted by Crippen LogP contribution is 2.20. The van der Waals surface area contributed by atoms with Crippen LogP contribution in [0.4, 0.5) is 5.95 Å². The molecule has 0 saturated carbocycles. The van der Waals surface area contributed by atoms with Crippen LogP contribution in [0, 0.1) is 0 Å². The molecule has 1 aromatic carbocycles. The third kappa shape index (κ3) is 3.29. The zero-order valence-electron chi connectivity index (χ0n) is 11.1. The Morgan fingerprint density at radius 2 is 2.14 bits per heavy atom. The van der Waals surface area contributed by atoms with E-state index >= 15 is 0 Å². The number of hydrogen-bond acceptors (Lipinski definition) is 7. The van der Waals surface area contributed by atoms with Crippen molar-refractivity contribution < 1.29 is 4.74 Å². The molecule has 0 amide bonds. The highest BCUT2D eigenvalue weighted by atomic mass is 32.1. The number of benzene rings is 1. The molecule has 3 N–H and O–H groups in total. The Morgan fingerprint density at radius 1 is 1.24 bits per heavy atom. The maximum Gasteiger partial charge on any atom is 0.260 e.